The van der Waals surface area contributed by atoms with Crippen LogP contribution in [0.25, 0.3) is 0 Å². The molecule has 12 heteroatoms. The number of carbonyl (C=O) groups excluding carboxylic acids is 1. The Kier molecular flexibility index (Phi) is 6.82. The summed E-state index contributed by atoms with van der Waals surface area (Å²) in [6.07, 6.45) is -0.565. The van der Waals surface area contributed by atoms with E-state index in [0.29, 0.717) is 29.5 Å². The number of carboxylic acids is 1. The van der Waals surface area contributed by atoms with Crippen LogP contribution in [0.3, 0.4) is 0 Å². The van der Waals surface area contributed by atoms with Crippen molar-refractivity contribution in [2.45, 2.75) is 54.5 Å². The third-order valence-corrected chi connectivity index (χ3v) is 9.37. The number of hydrogen-bond donors (Lipinski definition) is 2. The fourth-order valence-electron chi connectivity index (χ4n) is 4.37. The molecule has 0 bridgehead atoms. The standard InChI is InChI=1S/C25H22F2N2O6S2/c26-15-7-14-8-17(11-20(14)21(27)9-15)35-23(24(32)29-25-28-16(12-36-25)10-22(30)31)13-1-3-18(4-2-13)37(33,34)19-5-6-19/h1-4,7,9,12,17,19,23H,5-6,8,10-11H2,(H,30,31)(H,28,29,32). The number of thiazole rings is 1. The van der Waals surface area contributed by atoms with E-state index in [4.69, 9.17) is 9.84 Å². The Morgan fingerprint density at radius 3 is 2.57 bits per heavy atom. The van der Waals surface area contributed by atoms with Crippen LogP contribution in [-0.2, 0) is 43.4 Å². The molecular weight excluding hydrogens is 526 g/mol. The number of carboxylic acid groups (broad SMARTS) is 1. The highest BCUT2D eigenvalue weighted by Crippen LogP contribution is 2.35. The lowest BCUT2D eigenvalue weighted by Crippen LogP contribution is -2.28. The van der Waals surface area contributed by atoms with Crippen molar-refractivity contribution < 1.29 is 36.6 Å². The van der Waals surface area contributed by atoms with Crippen LogP contribution in [0.4, 0.5) is 13.9 Å². The summed E-state index contributed by atoms with van der Waals surface area (Å²) in [5.74, 6) is -3.04. The first kappa shape index (κ1) is 25.4. The van der Waals surface area contributed by atoms with E-state index < -0.39 is 45.6 Å². The Morgan fingerprint density at radius 2 is 1.89 bits per heavy atom. The predicted molar refractivity (Wildman–Crippen MR) is 130 cm³/mol. The van der Waals surface area contributed by atoms with Gasteiger partial charge >= 0.3 is 5.97 Å². The molecule has 1 aromatic heterocycles. The Bertz CT molecular complexity index is 1470. The second kappa shape index (κ2) is 9.92. The molecule has 3 aromatic rings. The van der Waals surface area contributed by atoms with Gasteiger partial charge < -0.3 is 9.84 Å². The second-order valence-corrected chi connectivity index (χ2v) is 12.2. The molecule has 37 heavy (non-hydrogen) atoms. The zero-order valence-corrected chi connectivity index (χ0v) is 21.0. The Morgan fingerprint density at radius 1 is 1.16 bits per heavy atom. The number of aromatic nitrogens is 1. The number of anilines is 1. The first-order valence-corrected chi connectivity index (χ1v) is 14.0. The highest BCUT2D eigenvalue weighted by Gasteiger charge is 2.37. The third kappa shape index (κ3) is 5.55. The molecule has 0 aliphatic heterocycles. The van der Waals surface area contributed by atoms with Crippen molar-refractivity contribution in [2.24, 2.45) is 0 Å². The lowest BCUT2D eigenvalue weighted by molar-refractivity contribution is -0.136. The lowest BCUT2D eigenvalue weighted by Gasteiger charge is -2.22. The number of benzene rings is 2. The summed E-state index contributed by atoms with van der Waals surface area (Å²) >= 11 is 1.05. The molecule has 1 fully saturated rings. The minimum Gasteiger partial charge on any atom is -0.481 e. The van der Waals surface area contributed by atoms with Gasteiger partial charge in [-0.15, -0.1) is 11.3 Å². The van der Waals surface area contributed by atoms with Crippen molar-refractivity contribution in [3.8, 4) is 0 Å². The summed E-state index contributed by atoms with van der Waals surface area (Å²) in [4.78, 5) is 28.5. The number of hydrogen-bond acceptors (Lipinski definition) is 7. The van der Waals surface area contributed by atoms with Crippen molar-refractivity contribution in [3.05, 3.63) is 75.8 Å². The number of ether oxygens (including phenoxy) is 1. The van der Waals surface area contributed by atoms with Crippen molar-refractivity contribution in [1.82, 2.24) is 4.98 Å². The van der Waals surface area contributed by atoms with Crippen molar-refractivity contribution >= 4 is 38.2 Å². The van der Waals surface area contributed by atoms with Crippen LogP contribution in [0.5, 0.6) is 0 Å². The molecule has 1 heterocycles. The minimum absolute atomic E-state index is 0.138. The van der Waals surface area contributed by atoms with Gasteiger partial charge in [0.25, 0.3) is 5.91 Å². The Hall–Kier alpha value is -3.22. The van der Waals surface area contributed by atoms with Gasteiger partial charge in [0.15, 0.2) is 21.1 Å². The van der Waals surface area contributed by atoms with E-state index in [9.17, 15) is 26.8 Å². The number of nitrogens with zero attached hydrogens (tertiary/aromatic N) is 1. The molecule has 194 valence electrons. The molecule has 2 atom stereocenters. The summed E-state index contributed by atoms with van der Waals surface area (Å²) in [5.41, 5.74) is 1.45. The quantitative estimate of drug-likeness (QED) is 0.417. The van der Waals surface area contributed by atoms with Gasteiger partial charge in [-0.1, -0.05) is 12.1 Å². The molecule has 1 saturated carbocycles. The van der Waals surface area contributed by atoms with Gasteiger partial charge in [-0.05, 0) is 54.2 Å². The molecular formula is C25H22F2N2O6S2. The zero-order valence-electron chi connectivity index (χ0n) is 19.3. The van der Waals surface area contributed by atoms with E-state index in [1.54, 1.807) is 0 Å². The fourth-order valence-corrected chi connectivity index (χ4v) is 6.74. The van der Waals surface area contributed by atoms with Gasteiger partial charge in [-0.2, -0.15) is 0 Å². The average Bonchev–Trinajstić information content (AvgIpc) is 3.50. The van der Waals surface area contributed by atoms with E-state index in [0.717, 1.165) is 17.4 Å². The number of nitrogens with one attached hydrogen (secondary N) is 1. The molecule has 0 spiro atoms. The summed E-state index contributed by atoms with van der Waals surface area (Å²) in [6, 6.07) is 7.91. The van der Waals surface area contributed by atoms with E-state index in [1.165, 1.54) is 35.7 Å². The molecule has 2 aromatic carbocycles. The van der Waals surface area contributed by atoms with Crippen molar-refractivity contribution in [1.29, 1.82) is 0 Å². The number of halogens is 2. The van der Waals surface area contributed by atoms with Crippen LogP contribution >= 0.6 is 11.3 Å². The van der Waals surface area contributed by atoms with Crippen molar-refractivity contribution in [2.75, 3.05) is 5.32 Å². The number of aliphatic carboxylic acids is 1. The predicted octanol–water partition coefficient (Wildman–Crippen LogP) is 3.85. The summed E-state index contributed by atoms with van der Waals surface area (Å²) in [6.45, 7) is 0. The van der Waals surface area contributed by atoms with E-state index in [2.05, 4.69) is 10.3 Å². The molecule has 5 rings (SSSR count). The van der Waals surface area contributed by atoms with Crippen LogP contribution in [0.1, 0.15) is 41.3 Å². The number of rotatable bonds is 9. The molecule has 2 aliphatic carbocycles. The minimum atomic E-state index is -3.43. The number of fused-ring (bicyclic) bond motifs is 1. The first-order chi connectivity index (χ1) is 17.6. The molecule has 1 amide bonds. The maximum Gasteiger partial charge on any atom is 0.309 e. The maximum absolute atomic E-state index is 14.3. The smallest absolute Gasteiger partial charge is 0.309 e. The molecule has 2 N–H and O–H groups in total. The van der Waals surface area contributed by atoms with Gasteiger partial charge in [0.1, 0.15) is 11.6 Å². The van der Waals surface area contributed by atoms with E-state index >= 15 is 0 Å². The number of amides is 1. The number of sulfone groups is 1. The lowest BCUT2D eigenvalue weighted by atomic mass is 10.1. The zero-order chi connectivity index (χ0) is 26.3. The molecule has 0 saturated heterocycles. The van der Waals surface area contributed by atoms with Crippen LogP contribution in [0.2, 0.25) is 0 Å². The molecule has 0 radical (unpaired) electrons. The van der Waals surface area contributed by atoms with E-state index in [1.807, 2.05) is 0 Å². The Labute approximate surface area is 215 Å². The van der Waals surface area contributed by atoms with Gasteiger partial charge in [0.2, 0.25) is 0 Å². The second-order valence-electron chi connectivity index (χ2n) is 9.09. The van der Waals surface area contributed by atoms with Gasteiger partial charge in [-0.25, -0.2) is 22.2 Å². The number of carbonyl (C=O) groups is 2. The first-order valence-electron chi connectivity index (χ1n) is 11.5. The highest BCUT2D eigenvalue weighted by molar-refractivity contribution is 7.92. The maximum atomic E-state index is 14.3. The summed E-state index contributed by atoms with van der Waals surface area (Å²) < 4.78 is 59.2. The fraction of sp³-hybridized carbons (Fsp3) is 0.320. The molecule has 8 nitrogen and oxygen atoms in total. The highest BCUT2D eigenvalue weighted by atomic mass is 32.2. The van der Waals surface area contributed by atoms with Crippen LogP contribution < -0.4 is 5.32 Å². The van der Waals surface area contributed by atoms with Crippen molar-refractivity contribution in [3.63, 3.8) is 0 Å². The largest absolute Gasteiger partial charge is 0.481 e. The summed E-state index contributed by atoms with van der Waals surface area (Å²) in [7, 11) is -3.43. The molecule has 2 unspecified atom stereocenters. The topological polar surface area (TPSA) is 123 Å². The van der Waals surface area contributed by atoms with Gasteiger partial charge in [-0.3, -0.25) is 14.9 Å². The van der Waals surface area contributed by atoms with Gasteiger partial charge in [0, 0.05) is 17.9 Å². The van der Waals surface area contributed by atoms with Crippen LogP contribution in [0, 0.1) is 11.6 Å². The summed E-state index contributed by atoms with van der Waals surface area (Å²) in [5, 5.41) is 12.9. The SMILES string of the molecule is O=C(O)Cc1csc(NC(=O)C(OC2Cc3cc(F)cc(F)c3C2)c2ccc(S(=O)(=O)C3CC3)cc2)n1. The van der Waals surface area contributed by atoms with Crippen LogP contribution in [0.15, 0.2) is 46.7 Å². The third-order valence-electron chi connectivity index (χ3n) is 6.29. The Balaban J connectivity index is 1.39. The normalized spacial score (nSPS) is 17.8. The molecule has 2 aliphatic rings. The van der Waals surface area contributed by atoms with E-state index in [-0.39, 0.29) is 40.2 Å². The van der Waals surface area contributed by atoms with Crippen LogP contribution in [-0.4, -0.2) is 41.7 Å². The monoisotopic (exact) mass is 548 g/mol. The van der Waals surface area contributed by atoms with Gasteiger partial charge in [0.05, 0.1) is 28.4 Å². The average molecular weight is 549 g/mol.